The zero-order valence-electron chi connectivity index (χ0n) is 11.1. The largest absolute Gasteiger partial charge is 0.366 e. The Labute approximate surface area is 113 Å². The predicted octanol–water partition coefficient (Wildman–Crippen LogP) is 1.40. The summed E-state index contributed by atoms with van der Waals surface area (Å²) >= 11 is 0. The van der Waals surface area contributed by atoms with Crippen molar-refractivity contribution in [2.45, 2.75) is 19.3 Å². The van der Waals surface area contributed by atoms with E-state index in [1.165, 1.54) is 0 Å². The lowest BCUT2D eigenvalue weighted by Crippen LogP contribution is -2.45. The molecule has 0 radical (unpaired) electrons. The van der Waals surface area contributed by atoms with Gasteiger partial charge in [0, 0.05) is 18.7 Å². The smallest absolute Gasteiger partial charge is 0.245 e. The van der Waals surface area contributed by atoms with Gasteiger partial charge in [0.25, 0.3) is 0 Å². The lowest BCUT2D eigenvalue weighted by atomic mass is 9.78. The average molecular weight is 260 g/mol. The molecule has 1 fully saturated rings. The highest BCUT2D eigenvalue weighted by Gasteiger charge is 2.54. The lowest BCUT2D eigenvalue weighted by molar-refractivity contribution is -0.140. The quantitative estimate of drug-likeness (QED) is 0.734. The maximum atomic E-state index is 12.8. The summed E-state index contributed by atoms with van der Waals surface area (Å²) in [6.45, 7) is 8.26. The van der Waals surface area contributed by atoms with Crippen LogP contribution >= 0.6 is 0 Å². The maximum absolute atomic E-state index is 12.8. The summed E-state index contributed by atoms with van der Waals surface area (Å²) in [5.74, 6) is -0.161. The number of carbonyl (C=O) groups is 2. The van der Waals surface area contributed by atoms with Crippen LogP contribution in [0.5, 0.6) is 0 Å². The van der Waals surface area contributed by atoms with E-state index < -0.39 is 11.3 Å². The van der Waals surface area contributed by atoms with Gasteiger partial charge in [-0.15, -0.1) is 13.2 Å². The van der Waals surface area contributed by atoms with E-state index in [9.17, 15) is 9.59 Å². The number of fused-ring (bicyclic) bond motifs is 2. The third kappa shape index (κ3) is 2.11. The van der Waals surface area contributed by atoms with Gasteiger partial charge in [0.05, 0.1) is 5.41 Å². The van der Waals surface area contributed by atoms with E-state index >= 15 is 0 Å². The van der Waals surface area contributed by atoms with Gasteiger partial charge in [0.1, 0.15) is 0 Å². The van der Waals surface area contributed by atoms with Gasteiger partial charge >= 0.3 is 0 Å². The van der Waals surface area contributed by atoms with Crippen LogP contribution in [-0.4, -0.2) is 29.8 Å². The first kappa shape index (κ1) is 13.6. The molecule has 0 saturated heterocycles. The Morgan fingerprint density at radius 2 is 2.05 bits per heavy atom. The minimum Gasteiger partial charge on any atom is -0.366 e. The van der Waals surface area contributed by atoms with Crippen LogP contribution in [0.4, 0.5) is 0 Å². The summed E-state index contributed by atoms with van der Waals surface area (Å²) < 4.78 is 0. The van der Waals surface area contributed by atoms with Gasteiger partial charge in [-0.2, -0.15) is 0 Å². The number of nitrogens with zero attached hydrogens (tertiary/aromatic N) is 1. The van der Waals surface area contributed by atoms with E-state index in [4.69, 9.17) is 5.73 Å². The Hall–Kier alpha value is -1.84. The number of carbonyl (C=O) groups excluding carboxylic acids is 2. The molecule has 2 N–H and O–H groups in total. The minimum absolute atomic E-state index is 0.0163. The van der Waals surface area contributed by atoms with Crippen molar-refractivity contribution in [3.8, 4) is 0 Å². The predicted molar refractivity (Wildman–Crippen MR) is 74.0 cm³/mol. The molecule has 2 unspecified atom stereocenters. The van der Waals surface area contributed by atoms with Crippen LogP contribution in [0.3, 0.4) is 0 Å². The van der Waals surface area contributed by atoms with Crippen molar-refractivity contribution in [2.75, 3.05) is 13.1 Å². The lowest BCUT2D eigenvalue weighted by Gasteiger charge is -2.33. The molecule has 0 spiro atoms. The molecule has 19 heavy (non-hydrogen) atoms. The van der Waals surface area contributed by atoms with Crippen LogP contribution in [0.15, 0.2) is 37.0 Å². The normalized spacial score (nSPS) is 27.8. The van der Waals surface area contributed by atoms with Gasteiger partial charge in [-0.1, -0.05) is 18.2 Å². The van der Waals surface area contributed by atoms with Gasteiger partial charge in [-0.25, -0.2) is 0 Å². The monoisotopic (exact) mass is 260 g/mol. The Balaban J connectivity index is 2.30. The van der Waals surface area contributed by atoms with E-state index in [-0.39, 0.29) is 5.91 Å². The number of hydrogen-bond acceptors (Lipinski definition) is 2. The van der Waals surface area contributed by atoms with E-state index in [2.05, 4.69) is 13.2 Å². The highest BCUT2D eigenvalue weighted by molar-refractivity contribution is 6.03. The van der Waals surface area contributed by atoms with Crippen molar-refractivity contribution >= 4 is 11.8 Å². The number of amides is 2. The fourth-order valence-corrected chi connectivity index (χ4v) is 3.35. The van der Waals surface area contributed by atoms with Crippen molar-refractivity contribution in [1.29, 1.82) is 0 Å². The van der Waals surface area contributed by atoms with Gasteiger partial charge in [-0.3, -0.25) is 9.59 Å². The molecule has 2 rings (SSSR count). The molecule has 0 aliphatic heterocycles. The number of nitrogens with two attached hydrogens (primary N) is 1. The molecule has 4 heteroatoms. The molecular formula is C15H20N2O2. The topological polar surface area (TPSA) is 63.4 Å². The summed E-state index contributed by atoms with van der Waals surface area (Å²) in [4.78, 5) is 26.1. The zero-order chi connectivity index (χ0) is 14.0. The molecule has 2 atom stereocenters. The molecular weight excluding hydrogens is 240 g/mol. The Kier molecular flexibility index (Phi) is 3.60. The first-order chi connectivity index (χ1) is 9.05. The summed E-state index contributed by atoms with van der Waals surface area (Å²) in [5, 5.41) is 0. The molecule has 2 amide bonds. The molecule has 0 aromatic carbocycles. The summed E-state index contributed by atoms with van der Waals surface area (Å²) in [7, 11) is 0. The fourth-order valence-electron chi connectivity index (χ4n) is 3.35. The molecule has 102 valence electrons. The summed E-state index contributed by atoms with van der Waals surface area (Å²) in [6.07, 6.45) is 7.66. The van der Waals surface area contributed by atoms with E-state index in [0.717, 1.165) is 19.3 Å². The summed E-state index contributed by atoms with van der Waals surface area (Å²) in [5.41, 5.74) is 5.25. The minimum atomic E-state index is -0.692. The average Bonchev–Trinajstić information content (AvgIpc) is 2.96. The maximum Gasteiger partial charge on any atom is 0.245 e. The third-order valence-corrected chi connectivity index (χ3v) is 4.13. The van der Waals surface area contributed by atoms with Crippen LogP contribution in [0, 0.1) is 11.3 Å². The second-order valence-corrected chi connectivity index (χ2v) is 5.32. The SMILES string of the molecule is C=CCN(CC=C)C(=O)C12CCC(C=C1C(N)=O)C2. The second-order valence-electron chi connectivity index (χ2n) is 5.32. The van der Waals surface area contributed by atoms with Crippen molar-refractivity contribution in [3.63, 3.8) is 0 Å². The molecule has 1 saturated carbocycles. The van der Waals surface area contributed by atoms with Crippen LogP contribution in [0.2, 0.25) is 0 Å². The molecule has 2 aliphatic rings. The molecule has 2 aliphatic carbocycles. The fraction of sp³-hybridized carbons (Fsp3) is 0.467. The highest BCUT2D eigenvalue weighted by atomic mass is 16.2. The van der Waals surface area contributed by atoms with Gasteiger partial charge in [-0.05, 0) is 25.2 Å². The van der Waals surface area contributed by atoms with Crippen LogP contribution in [-0.2, 0) is 9.59 Å². The van der Waals surface area contributed by atoms with Crippen molar-refractivity contribution in [3.05, 3.63) is 37.0 Å². The molecule has 2 bridgehead atoms. The Morgan fingerprint density at radius 1 is 1.42 bits per heavy atom. The van der Waals surface area contributed by atoms with E-state index in [0.29, 0.717) is 24.6 Å². The first-order valence-electron chi connectivity index (χ1n) is 6.58. The Bertz CT molecular complexity index is 457. The molecule has 4 nitrogen and oxygen atoms in total. The standard InChI is InChI=1S/C15H20N2O2/c1-3-7-17(8-4-2)14(19)15-6-5-11(10-15)9-12(15)13(16)18/h3-4,9,11H,1-2,5-8,10H2,(H2,16,18). The van der Waals surface area contributed by atoms with Crippen LogP contribution in [0.25, 0.3) is 0 Å². The number of primary amides is 1. The number of rotatable bonds is 6. The zero-order valence-corrected chi connectivity index (χ0v) is 11.1. The molecule has 0 heterocycles. The van der Waals surface area contributed by atoms with Crippen LogP contribution in [0.1, 0.15) is 19.3 Å². The van der Waals surface area contributed by atoms with Crippen LogP contribution < -0.4 is 5.73 Å². The van der Waals surface area contributed by atoms with E-state index in [1.54, 1.807) is 17.1 Å². The van der Waals surface area contributed by atoms with Gasteiger partial charge in [0.2, 0.25) is 11.8 Å². The third-order valence-electron chi connectivity index (χ3n) is 4.13. The molecule has 0 aromatic heterocycles. The summed E-state index contributed by atoms with van der Waals surface area (Å²) in [6, 6.07) is 0. The van der Waals surface area contributed by atoms with Crippen molar-refractivity contribution < 1.29 is 9.59 Å². The Morgan fingerprint density at radius 3 is 2.53 bits per heavy atom. The number of hydrogen-bond donors (Lipinski definition) is 1. The highest BCUT2D eigenvalue weighted by Crippen LogP contribution is 2.54. The first-order valence-corrected chi connectivity index (χ1v) is 6.58. The molecule has 0 aromatic rings. The van der Waals surface area contributed by atoms with E-state index in [1.807, 2.05) is 6.08 Å². The van der Waals surface area contributed by atoms with Gasteiger partial charge < -0.3 is 10.6 Å². The second kappa shape index (κ2) is 5.03. The van der Waals surface area contributed by atoms with Crippen molar-refractivity contribution in [2.24, 2.45) is 17.1 Å². The number of allylic oxidation sites excluding steroid dienone is 1. The van der Waals surface area contributed by atoms with Crippen molar-refractivity contribution in [1.82, 2.24) is 4.90 Å². The van der Waals surface area contributed by atoms with Gasteiger partial charge in [0.15, 0.2) is 0 Å².